The molecule has 0 aromatic heterocycles. The van der Waals surface area contributed by atoms with Crippen LogP contribution in [0.2, 0.25) is 12.6 Å². The third-order valence-electron chi connectivity index (χ3n) is 3.63. The van der Waals surface area contributed by atoms with E-state index in [0.717, 1.165) is 31.0 Å². The fourth-order valence-corrected chi connectivity index (χ4v) is 2.50. The van der Waals surface area contributed by atoms with Crippen molar-refractivity contribution in [1.29, 1.82) is 5.26 Å². The maximum atomic E-state index is 9.26. The van der Waals surface area contributed by atoms with Crippen molar-refractivity contribution < 1.29 is 5.11 Å². The van der Waals surface area contributed by atoms with Gasteiger partial charge in [-0.2, -0.15) is 0 Å². The molecule has 0 radical (unpaired) electrons. The zero-order valence-electron chi connectivity index (χ0n) is 9.89. The average molecular weight is 225 g/mol. The minimum Gasteiger partial charge on any atom is -0.508 e. The molecule has 0 saturated carbocycles. The van der Waals surface area contributed by atoms with Gasteiger partial charge >= 0.3 is 0 Å². The molecule has 2 nitrogen and oxygen atoms in total. The zero-order valence-corrected chi connectivity index (χ0v) is 9.89. The van der Waals surface area contributed by atoms with Gasteiger partial charge in [-0.15, -0.1) is 0 Å². The summed E-state index contributed by atoms with van der Waals surface area (Å²) in [4.78, 5) is 0. The summed E-state index contributed by atoms with van der Waals surface area (Å²) < 4.78 is 0. The van der Waals surface area contributed by atoms with Crippen LogP contribution >= 0.6 is 0 Å². The van der Waals surface area contributed by atoms with Gasteiger partial charge in [0.1, 0.15) is 5.76 Å². The predicted octanol–water partition coefficient (Wildman–Crippen LogP) is 3.65. The Morgan fingerprint density at radius 1 is 1.29 bits per heavy atom. The lowest BCUT2D eigenvalue weighted by atomic mass is 9.41. The Bertz CT molecular complexity index is 438. The molecule has 17 heavy (non-hydrogen) atoms. The molecule has 1 heterocycles. The van der Waals surface area contributed by atoms with Crippen LogP contribution in [0.1, 0.15) is 29.9 Å². The van der Waals surface area contributed by atoms with E-state index >= 15 is 0 Å². The van der Waals surface area contributed by atoms with Crippen LogP contribution in [0, 0.1) is 11.2 Å². The summed E-state index contributed by atoms with van der Waals surface area (Å²) >= 11 is 0. The molecule has 1 saturated heterocycles. The molecule has 1 N–H and O–H groups in total. The number of nitrogens with zero attached hydrogens (tertiary/aromatic N) is 1. The van der Waals surface area contributed by atoms with Crippen LogP contribution < -0.4 is 0 Å². The number of hydrogen-bond donors (Lipinski definition) is 1. The molecule has 0 bridgehead atoms. The van der Waals surface area contributed by atoms with Crippen molar-refractivity contribution in [3.05, 3.63) is 42.0 Å². The van der Waals surface area contributed by atoms with Gasteiger partial charge in [-0.05, 0) is 11.5 Å². The van der Waals surface area contributed by atoms with E-state index in [2.05, 4.69) is 24.7 Å². The van der Waals surface area contributed by atoms with Gasteiger partial charge in [0.2, 0.25) is 0 Å². The third-order valence-corrected chi connectivity index (χ3v) is 3.63. The lowest BCUT2D eigenvalue weighted by Gasteiger charge is -2.23. The van der Waals surface area contributed by atoms with Crippen molar-refractivity contribution in [1.82, 2.24) is 0 Å². The lowest BCUT2D eigenvalue weighted by Crippen LogP contribution is -2.18. The highest BCUT2D eigenvalue weighted by molar-refractivity contribution is 6.67. The molecule has 1 fully saturated rings. The van der Waals surface area contributed by atoms with Gasteiger partial charge in [0.05, 0.1) is 0 Å². The summed E-state index contributed by atoms with van der Waals surface area (Å²) in [6, 6.07) is 7.95. The average Bonchev–Trinajstić information content (AvgIpc) is 2.39. The highest BCUT2D eigenvalue weighted by Gasteiger charge is 2.24. The van der Waals surface area contributed by atoms with Crippen molar-refractivity contribution in [2.45, 2.75) is 31.4 Å². The van der Waals surface area contributed by atoms with Gasteiger partial charge in [0.15, 0.2) is 0 Å². The molecular weight excluding hydrogens is 209 g/mol. The Hall–Kier alpha value is -1.69. The summed E-state index contributed by atoms with van der Waals surface area (Å²) in [5.41, 5.74) is 2.09. The molecule has 0 spiro atoms. The molecule has 0 unspecified atom stereocenters. The summed E-state index contributed by atoms with van der Waals surface area (Å²) in [5, 5.41) is 18.1. The fraction of sp³-hybridized carbons (Fsp3) is 0.357. The molecule has 1 aliphatic rings. The quantitative estimate of drug-likeness (QED) is 0.616. The van der Waals surface area contributed by atoms with Gasteiger partial charge < -0.3 is 5.11 Å². The highest BCUT2D eigenvalue weighted by atomic mass is 16.3. The van der Waals surface area contributed by atoms with Crippen LogP contribution in [0.3, 0.4) is 0 Å². The summed E-state index contributed by atoms with van der Waals surface area (Å²) in [6.45, 7) is 3.76. The first-order valence-corrected chi connectivity index (χ1v) is 6.08. The van der Waals surface area contributed by atoms with E-state index in [1.54, 1.807) is 0 Å². The molecule has 2 rings (SSSR count). The molecule has 86 valence electrons. The Labute approximate surface area is 103 Å². The lowest BCUT2D eigenvalue weighted by molar-refractivity contribution is 0.513. The van der Waals surface area contributed by atoms with E-state index in [1.165, 1.54) is 5.56 Å². The number of nitriles is 1. The summed E-state index contributed by atoms with van der Waals surface area (Å²) in [7, 11) is 0. The van der Waals surface area contributed by atoms with Crippen LogP contribution in [0.5, 0.6) is 0 Å². The van der Waals surface area contributed by atoms with Gasteiger partial charge in [0, 0.05) is 11.5 Å². The van der Waals surface area contributed by atoms with E-state index in [1.807, 2.05) is 12.1 Å². The van der Waals surface area contributed by atoms with Crippen molar-refractivity contribution in [2.24, 2.45) is 0 Å². The molecule has 1 aromatic rings. The van der Waals surface area contributed by atoms with Crippen LogP contribution in [0.4, 0.5) is 0 Å². The van der Waals surface area contributed by atoms with E-state index in [-0.39, 0.29) is 12.5 Å². The van der Waals surface area contributed by atoms with Crippen molar-refractivity contribution in [2.75, 3.05) is 0 Å². The topological polar surface area (TPSA) is 44.0 Å². The predicted molar refractivity (Wildman–Crippen MR) is 71.1 cm³/mol. The van der Waals surface area contributed by atoms with Crippen LogP contribution in [0.25, 0.3) is 5.76 Å². The second kappa shape index (κ2) is 5.10. The minimum atomic E-state index is 0.115. The van der Waals surface area contributed by atoms with E-state index in [0.29, 0.717) is 5.92 Å². The molecule has 0 atom stereocenters. The molecule has 3 heteroatoms. The number of aliphatic hydroxyl groups excluding tert-OH is 1. The Morgan fingerprint density at radius 2 is 1.88 bits per heavy atom. The van der Waals surface area contributed by atoms with Crippen molar-refractivity contribution in [3.63, 3.8) is 0 Å². The number of hydrogen-bond acceptors (Lipinski definition) is 2. The number of benzene rings is 1. The third kappa shape index (κ3) is 2.71. The first-order valence-electron chi connectivity index (χ1n) is 6.08. The molecule has 0 amide bonds. The van der Waals surface area contributed by atoms with Crippen molar-refractivity contribution >= 4 is 12.5 Å². The Kier molecular flexibility index (Phi) is 3.53. The molecular formula is C14H16BNO. The second-order valence-corrected chi connectivity index (χ2v) is 4.75. The Morgan fingerprint density at radius 3 is 2.35 bits per heavy atom. The minimum absolute atomic E-state index is 0.115. The first-order chi connectivity index (χ1) is 8.20. The standard InChI is InChI=1S/C14H16BNO/c1-11(17)12-2-4-13(5-3-12)14-6-8-15(10-16)9-7-14/h2-5,14,17H,1,6-9H2. The SMILES string of the molecule is C=C(O)c1ccc(C2CCB(C#N)CC2)cc1. The maximum Gasteiger partial charge on any atom is 0.267 e. The van der Waals surface area contributed by atoms with Crippen LogP contribution in [0.15, 0.2) is 30.8 Å². The Balaban J connectivity index is 2.04. The molecule has 1 aliphatic heterocycles. The smallest absolute Gasteiger partial charge is 0.267 e. The first kappa shape index (κ1) is 11.8. The van der Waals surface area contributed by atoms with E-state index < -0.39 is 0 Å². The summed E-state index contributed by atoms with van der Waals surface area (Å²) in [5.74, 6) is 3.04. The van der Waals surface area contributed by atoms with Crippen LogP contribution in [-0.4, -0.2) is 11.8 Å². The fourth-order valence-electron chi connectivity index (χ4n) is 2.50. The molecule has 1 aromatic carbocycles. The van der Waals surface area contributed by atoms with Crippen LogP contribution in [-0.2, 0) is 0 Å². The monoisotopic (exact) mass is 225 g/mol. The van der Waals surface area contributed by atoms with Crippen molar-refractivity contribution in [3.8, 4) is 5.97 Å². The maximum absolute atomic E-state index is 9.26. The summed E-state index contributed by atoms with van der Waals surface area (Å²) in [6.07, 6.45) is 4.21. The van der Waals surface area contributed by atoms with E-state index in [9.17, 15) is 5.11 Å². The van der Waals surface area contributed by atoms with Gasteiger partial charge in [-0.3, -0.25) is 0 Å². The largest absolute Gasteiger partial charge is 0.508 e. The normalized spacial score (nSPS) is 16.5. The second-order valence-electron chi connectivity index (χ2n) is 4.75. The van der Waals surface area contributed by atoms with Gasteiger partial charge in [0.25, 0.3) is 6.71 Å². The highest BCUT2D eigenvalue weighted by Crippen LogP contribution is 2.33. The van der Waals surface area contributed by atoms with Gasteiger partial charge in [-0.1, -0.05) is 56.3 Å². The number of rotatable bonds is 2. The zero-order chi connectivity index (χ0) is 12.3. The van der Waals surface area contributed by atoms with E-state index in [4.69, 9.17) is 5.26 Å². The number of aliphatic hydroxyl groups is 1. The molecule has 0 aliphatic carbocycles. The van der Waals surface area contributed by atoms with Gasteiger partial charge in [-0.25, -0.2) is 5.26 Å².